The van der Waals surface area contributed by atoms with E-state index in [1.54, 1.807) is 39.3 Å². The largest absolute Gasteiger partial charge is 0.493 e. The lowest BCUT2D eigenvalue weighted by atomic mass is 10.1. The van der Waals surface area contributed by atoms with E-state index in [0.717, 1.165) is 0 Å². The van der Waals surface area contributed by atoms with Crippen molar-refractivity contribution in [1.29, 1.82) is 0 Å². The molecule has 34 heavy (non-hydrogen) atoms. The standard InChI is InChI=1S/C23H21ClN4O6/c1-12(22(25)29)32-6-4-5-13-7-15(24)19(21-20(13)33-11-34-21)28-23-14-8-17(30-2)18(31-3)9-16(14)26-10-27-23/h7-10,12H,6,11H2,1-3H3,(H2,25,29)(H,26,27,28). The van der Waals surface area contributed by atoms with Crippen LogP contribution in [0.4, 0.5) is 11.5 Å². The van der Waals surface area contributed by atoms with Gasteiger partial charge in [0, 0.05) is 11.5 Å². The Balaban J connectivity index is 1.68. The minimum Gasteiger partial charge on any atom is -0.493 e. The highest BCUT2D eigenvalue weighted by Gasteiger charge is 2.25. The zero-order chi connectivity index (χ0) is 24.2. The Bertz CT molecular complexity index is 1320. The zero-order valence-corrected chi connectivity index (χ0v) is 19.4. The van der Waals surface area contributed by atoms with Crippen molar-refractivity contribution in [2.75, 3.05) is 32.9 Å². The first kappa shape index (κ1) is 23.2. The van der Waals surface area contributed by atoms with Gasteiger partial charge in [-0.1, -0.05) is 23.4 Å². The van der Waals surface area contributed by atoms with Crippen molar-refractivity contribution in [1.82, 2.24) is 9.97 Å². The Kier molecular flexibility index (Phi) is 6.77. The van der Waals surface area contributed by atoms with Gasteiger partial charge in [0.1, 0.15) is 30.5 Å². The topological polar surface area (TPSA) is 127 Å². The van der Waals surface area contributed by atoms with Crippen molar-refractivity contribution < 1.29 is 28.5 Å². The van der Waals surface area contributed by atoms with Crippen LogP contribution in [-0.2, 0) is 9.53 Å². The van der Waals surface area contributed by atoms with Gasteiger partial charge in [-0.25, -0.2) is 9.97 Å². The summed E-state index contributed by atoms with van der Waals surface area (Å²) in [6, 6.07) is 5.18. The van der Waals surface area contributed by atoms with Crippen LogP contribution in [0.25, 0.3) is 10.9 Å². The Morgan fingerprint density at radius 1 is 1.21 bits per heavy atom. The number of methoxy groups -OCH3 is 2. The molecule has 0 spiro atoms. The minimum absolute atomic E-state index is 0.00376. The second kappa shape index (κ2) is 9.91. The van der Waals surface area contributed by atoms with E-state index in [1.807, 2.05) is 0 Å². The van der Waals surface area contributed by atoms with Crippen LogP contribution >= 0.6 is 11.6 Å². The van der Waals surface area contributed by atoms with Crippen LogP contribution in [0.1, 0.15) is 12.5 Å². The summed E-state index contributed by atoms with van der Waals surface area (Å²) in [5, 5.41) is 4.25. The highest BCUT2D eigenvalue weighted by atomic mass is 35.5. The fourth-order valence-electron chi connectivity index (χ4n) is 3.23. The molecule has 1 unspecified atom stereocenters. The molecule has 176 valence electrons. The third kappa shape index (κ3) is 4.57. The van der Waals surface area contributed by atoms with Crippen molar-refractivity contribution in [3.8, 4) is 34.8 Å². The summed E-state index contributed by atoms with van der Waals surface area (Å²) in [6.07, 6.45) is 0.686. The summed E-state index contributed by atoms with van der Waals surface area (Å²) in [6.45, 7) is 1.57. The molecular weight excluding hydrogens is 464 g/mol. The summed E-state index contributed by atoms with van der Waals surface area (Å²) in [5.74, 6) is 7.58. The zero-order valence-electron chi connectivity index (χ0n) is 18.6. The van der Waals surface area contributed by atoms with Crippen LogP contribution in [-0.4, -0.2) is 49.6 Å². The average Bonchev–Trinajstić information content (AvgIpc) is 3.33. The van der Waals surface area contributed by atoms with Gasteiger partial charge in [0.15, 0.2) is 23.0 Å². The number of aromatic nitrogens is 2. The van der Waals surface area contributed by atoms with E-state index in [2.05, 4.69) is 27.1 Å². The van der Waals surface area contributed by atoms with Gasteiger partial charge in [-0.05, 0) is 19.1 Å². The first-order chi connectivity index (χ1) is 16.4. The van der Waals surface area contributed by atoms with Crippen LogP contribution in [0.15, 0.2) is 24.5 Å². The van der Waals surface area contributed by atoms with E-state index in [9.17, 15) is 4.79 Å². The number of nitrogens with zero attached hydrogens (tertiary/aromatic N) is 2. The molecule has 1 amide bonds. The molecule has 0 radical (unpaired) electrons. The maximum absolute atomic E-state index is 11.1. The van der Waals surface area contributed by atoms with Crippen molar-refractivity contribution >= 4 is 39.9 Å². The number of carbonyl (C=O) groups excluding carboxylic acids is 1. The molecule has 2 heterocycles. The molecule has 1 aromatic heterocycles. The van der Waals surface area contributed by atoms with Gasteiger partial charge in [0.05, 0.1) is 30.3 Å². The molecule has 4 rings (SSSR count). The molecule has 0 aliphatic carbocycles. The molecule has 1 aliphatic rings. The predicted molar refractivity (Wildman–Crippen MR) is 125 cm³/mol. The van der Waals surface area contributed by atoms with Crippen LogP contribution in [0.3, 0.4) is 0 Å². The molecule has 0 saturated carbocycles. The van der Waals surface area contributed by atoms with Gasteiger partial charge in [0.2, 0.25) is 12.7 Å². The number of benzene rings is 2. The highest BCUT2D eigenvalue weighted by Crippen LogP contribution is 2.47. The van der Waals surface area contributed by atoms with Crippen molar-refractivity contribution in [2.24, 2.45) is 5.73 Å². The van der Waals surface area contributed by atoms with Gasteiger partial charge >= 0.3 is 0 Å². The van der Waals surface area contributed by atoms with Crippen LogP contribution < -0.4 is 30.0 Å². The molecule has 0 saturated heterocycles. The maximum Gasteiger partial charge on any atom is 0.246 e. The number of halogens is 1. The molecule has 0 bridgehead atoms. The predicted octanol–water partition coefficient (Wildman–Crippen LogP) is 3.01. The van der Waals surface area contributed by atoms with E-state index in [1.165, 1.54) is 6.33 Å². The molecule has 11 heteroatoms. The Morgan fingerprint density at radius 2 is 1.94 bits per heavy atom. The monoisotopic (exact) mass is 484 g/mol. The second-order valence-electron chi connectivity index (χ2n) is 7.07. The average molecular weight is 485 g/mol. The van der Waals surface area contributed by atoms with Crippen LogP contribution in [0, 0.1) is 11.8 Å². The molecule has 3 N–H and O–H groups in total. The lowest BCUT2D eigenvalue weighted by Crippen LogP contribution is -2.28. The summed E-state index contributed by atoms with van der Waals surface area (Å²) >= 11 is 6.58. The van der Waals surface area contributed by atoms with E-state index in [-0.39, 0.29) is 13.4 Å². The number of hydrogen-bond acceptors (Lipinski definition) is 9. The molecule has 0 fully saturated rings. The van der Waals surface area contributed by atoms with E-state index < -0.39 is 12.0 Å². The highest BCUT2D eigenvalue weighted by molar-refractivity contribution is 6.34. The fourth-order valence-corrected chi connectivity index (χ4v) is 3.47. The fraction of sp³-hybridized carbons (Fsp3) is 0.261. The van der Waals surface area contributed by atoms with Gasteiger partial charge in [-0.3, -0.25) is 4.79 Å². The summed E-state index contributed by atoms with van der Waals surface area (Å²) in [4.78, 5) is 19.7. The number of carbonyl (C=O) groups is 1. The first-order valence-electron chi connectivity index (χ1n) is 10.1. The number of amides is 1. The van der Waals surface area contributed by atoms with E-state index in [0.29, 0.717) is 56.0 Å². The van der Waals surface area contributed by atoms with Gasteiger partial charge < -0.3 is 34.7 Å². The summed E-state index contributed by atoms with van der Waals surface area (Å²) in [7, 11) is 3.11. The van der Waals surface area contributed by atoms with E-state index in [4.69, 9.17) is 41.0 Å². The van der Waals surface area contributed by atoms with Gasteiger partial charge in [-0.15, -0.1) is 0 Å². The molecular formula is C23H21ClN4O6. The number of nitrogens with one attached hydrogen (secondary N) is 1. The Labute approximate surface area is 200 Å². The minimum atomic E-state index is -0.740. The Hall–Kier alpha value is -3.94. The Morgan fingerprint density at radius 3 is 2.68 bits per heavy atom. The number of nitrogens with two attached hydrogens (primary N) is 1. The SMILES string of the molecule is COc1cc2ncnc(Nc3c(Cl)cc(C#CCOC(C)C(N)=O)c4c3OCO4)c2cc1OC. The first-order valence-corrected chi connectivity index (χ1v) is 10.5. The smallest absolute Gasteiger partial charge is 0.246 e. The van der Waals surface area contributed by atoms with Gasteiger partial charge in [-0.2, -0.15) is 0 Å². The molecule has 10 nitrogen and oxygen atoms in total. The van der Waals surface area contributed by atoms with Crippen molar-refractivity contribution in [3.05, 3.63) is 35.1 Å². The maximum atomic E-state index is 11.1. The number of anilines is 2. The third-order valence-corrected chi connectivity index (χ3v) is 5.31. The number of hydrogen-bond donors (Lipinski definition) is 2. The molecule has 2 aromatic carbocycles. The lowest BCUT2D eigenvalue weighted by Gasteiger charge is -2.14. The van der Waals surface area contributed by atoms with Crippen LogP contribution in [0.2, 0.25) is 5.02 Å². The summed E-state index contributed by atoms with van der Waals surface area (Å²) < 4.78 is 27.3. The lowest BCUT2D eigenvalue weighted by molar-refractivity contribution is -0.127. The molecule has 1 atom stereocenters. The number of rotatable bonds is 7. The van der Waals surface area contributed by atoms with Crippen LogP contribution in [0.5, 0.6) is 23.0 Å². The third-order valence-electron chi connectivity index (χ3n) is 5.01. The quantitative estimate of drug-likeness (QED) is 0.486. The number of ether oxygens (including phenoxy) is 5. The normalized spacial score (nSPS) is 12.6. The molecule has 1 aliphatic heterocycles. The number of fused-ring (bicyclic) bond motifs is 2. The van der Waals surface area contributed by atoms with E-state index >= 15 is 0 Å². The van der Waals surface area contributed by atoms with Gasteiger partial charge in [0.25, 0.3) is 0 Å². The molecule has 3 aromatic rings. The van der Waals surface area contributed by atoms with Crippen molar-refractivity contribution in [2.45, 2.75) is 13.0 Å². The second-order valence-corrected chi connectivity index (χ2v) is 7.48. The summed E-state index contributed by atoms with van der Waals surface area (Å²) in [5.41, 5.74) is 6.80. The number of primary amides is 1. The van der Waals surface area contributed by atoms with Crippen molar-refractivity contribution in [3.63, 3.8) is 0 Å².